The first-order chi connectivity index (χ1) is 7.33. The van der Waals surface area contributed by atoms with Crippen molar-refractivity contribution in [3.8, 4) is 0 Å². The number of aryl methyl sites for hydroxylation is 2. The Kier molecular flexibility index (Phi) is 2.17. The van der Waals surface area contributed by atoms with Crippen LogP contribution in [0.1, 0.15) is 24.0 Å². The van der Waals surface area contributed by atoms with Crippen molar-refractivity contribution in [3.63, 3.8) is 0 Å². The number of hydrogen-bond acceptors (Lipinski definition) is 2. The van der Waals surface area contributed by atoms with Crippen LogP contribution in [0.2, 0.25) is 0 Å². The Balaban J connectivity index is 1.87. The lowest BCUT2D eigenvalue weighted by Gasteiger charge is -2.19. The van der Waals surface area contributed by atoms with Crippen molar-refractivity contribution in [1.29, 1.82) is 0 Å². The Hall–Kier alpha value is -1.02. The van der Waals surface area contributed by atoms with Gasteiger partial charge in [-0.05, 0) is 48.9 Å². The predicted octanol–water partition coefficient (Wildman–Crippen LogP) is 1.71. The zero-order valence-corrected chi connectivity index (χ0v) is 9.08. The van der Waals surface area contributed by atoms with E-state index in [1.807, 2.05) is 0 Å². The zero-order valence-electron chi connectivity index (χ0n) is 9.08. The number of nitrogens with two attached hydrogens (primary N) is 1. The van der Waals surface area contributed by atoms with E-state index in [0.717, 1.165) is 19.5 Å². The Labute approximate surface area is 91.1 Å². The minimum Gasteiger partial charge on any atom is -0.370 e. The van der Waals surface area contributed by atoms with Gasteiger partial charge in [-0.15, -0.1) is 0 Å². The van der Waals surface area contributed by atoms with Gasteiger partial charge in [-0.3, -0.25) is 0 Å². The van der Waals surface area contributed by atoms with Crippen LogP contribution in [-0.4, -0.2) is 19.1 Å². The monoisotopic (exact) mass is 202 g/mol. The van der Waals surface area contributed by atoms with Gasteiger partial charge in [0.05, 0.1) is 0 Å². The highest BCUT2D eigenvalue weighted by Crippen LogP contribution is 2.28. The molecule has 0 amide bonds. The first-order valence-corrected chi connectivity index (χ1v) is 5.95. The summed E-state index contributed by atoms with van der Waals surface area (Å²) in [6.45, 7) is 2.15. The molecule has 2 aliphatic rings. The van der Waals surface area contributed by atoms with E-state index in [4.69, 9.17) is 5.73 Å². The van der Waals surface area contributed by atoms with Crippen LogP contribution in [0.3, 0.4) is 0 Å². The van der Waals surface area contributed by atoms with Crippen molar-refractivity contribution < 1.29 is 0 Å². The molecule has 1 aliphatic carbocycles. The molecule has 3 rings (SSSR count). The number of nitrogens with zero attached hydrogens (tertiary/aromatic N) is 1. The molecule has 0 saturated carbocycles. The van der Waals surface area contributed by atoms with Crippen molar-refractivity contribution in [1.82, 2.24) is 0 Å². The van der Waals surface area contributed by atoms with Crippen LogP contribution < -0.4 is 10.6 Å². The number of fused-ring (bicyclic) bond motifs is 1. The van der Waals surface area contributed by atoms with Crippen molar-refractivity contribution >= 4 is 5.69 Å². The summed E-state index contributed by atoms with van der Waals surface area (Å²) >= 11 is 0. The van der Waals surface area contributed by atoms with Gasteiger partial charge in [-0.1, -0.05) is 6.07 Å². The molecule has 1 aliphatic heterocycles. The van der Waals surface area contributed by atoms with Crippen LogP contribution in [0.4, 0.5) is 5.69 Å². The van der Waals surface area contributed by atoms with Gasteiger partial charge in [0.25, 0.3) is 0 Å². The average molecular weight is 202 g/mol. The van der Waals surface area contributed by atoms with Crippen molar-refractivity contribution in [2.45, 2.75) is 31.7 Å². The highest BCUT2D eigenvalue weighted by molar-refractivity contribution is 5.53. The van der Waals surface area contributed by atoms with E-state index in [1.54, 1.807) is 11.1 Å². The fourth-order valence-corrected chi connectivity index (χ4v) is 2.78. The van der Waals surface area contributed by atoms with Crippen LogP contribution in [-0.2, 0) is 12.8 Å². The molecule has 1 aromatic rings. The van der Waals surface area contributed by atoms with Gasteiger partial charge in [-0.2, -0.15) is 0 Å². The Morgan fingerprint density at radius 1 is 1.20 bits per heavy atom. The Bertz CT molecular complexity index is 373. The maximum Gasteiger partial charge on any atom is 0.0369 e. The lowest BCUT2D eigenvalue weighted by Crippen LogP contribution is -2.26. The maximum atomic E-state index is 5.93. The first-order valence-electron chi connectivity index (χ1n) is 5.95. The molecular weight excluding hydrogens is 184 g/mol. The van der Waals surface area contributed by atoms with Gasteiger partial charge < -0.3 is 10.6 Å². The van der Waals surface area contributed by atoms with Crippen LogP contribution in [0.5, 0.6) is 0 Å². The summed E-state index contributed by atoms with van der Waals surface area (Å²) in [4.78, 5) is 2.42. The van der Waals surface area contributed by atoms with Gasteiger partial charge in [0, 0.05) is 24.8 Å². The second-order valence-corrected chi connectivity index (χ2v) is 4.80. The van der Waals surface area contributed by atoms with E-state index in [9.17, 15) is 0 Å². The predicted molar refractivity (Wildman–Crippen MR) is 63.3 cm³/mol. The van der Waals surface area contributed by atoms with Gasteiger partial charge in [-0.25, -0.2) is 0 Å². The molecule has 80 valence electrons. The van der Waals surface area contributed by atoms with E-state index in [0.29, 0.717) is 6.04 Å². The fourth-order valence-electron chi connectivity index (χ4n) is 2.78. The fraction of sp³-hybridized carbons (Fsp3) is 0.538. The van der Waals surface area contributed by atoms with Crippen LogP contribution in [0.25, 0.3) is 0 Å². The van der Waals surface area contributed by atoms with Gasteiger partial charge in [0.2, 0.25) is 0 Å². The maximum absolute atomic E-state index is 5.93. The van der Waals surface area contributed by atoms with E-state index >= 15 is 0 Å². The molecule has 1 heterocycles. The third-order valence-corrected chi connectivity index (χ3v) is 3.67. The Morgan fingerprint density at radius 2 is 2.07 bits per heavy atom. The lowest BCUT2D eigenvalue weighted by molar-refractivity contribution is 0.752. The average Bonchev–Trinajstić information content (AvgIpc) is 2.84. The molecular formula is C13H18N2. The molecule has 2 N–H and O–H groups in total. The third kappa shape index (κ3) is 1.63. The molecule has 1 unspecified atom stereocenters. The zero-order chi connectivity index (χ0) is 10.3. The summed E-state index contributed by atoms with van der Waals surface area (Å²) in [6, 6.07) is 7.32. The summed E-state index contributed by atoms with van der Waals surface area (Å²) in [5.41, 5.74) is 10.4. The lowest BCUT2D eigenvalue weighted by atomic mass is 10.1. The molecule has 0 aromatic heterocycles. The molecule has 1 atom stereocenters. The van der Waals surface area contributed by atoms with Gasteiger partial charge in [0.15, 0.2) is 0 Å². The van der Waals surface area contributed by atoms with Gasteiger partial charge >= 0.3 is 0 Å². The molecule has 1 fully saturated rings. The third-order valence-electron chi connectivity index (χ3n) is 3.67. The van der Waals surface area contributed by atoms with Crippen LogP contribution in [0, 0.1) is 0 Å². The van der Waals surface area contributed by atoms with Crippen molar-refractivity contribution in [2.75, 3.05) is 18.0 Å². The summed E-state index contributed by atoms with van der Waals surface area (Å²) in [7, 11) is 0. The normalized spacial score (nSPS) is 24.6. The second-order valence-electron chi connectivity index (χ2n) is 4.80. The molecule has 1 aromatic carbocycles. The number of rotatable bonds is 1. The molecule has 2 nitrogen and oxygen atoms in total. The number of hydrogen-bond donors (Lipinski definition) is 1. The minimum atomic E-state index is 0.373. The van der Waals surface area contributed by atoms with E-state index < -0.39 is 0 Å². The smallest absolute Gasteiger partial charge is 0.0369 e. The number of benzene rings is 1. The molecule has 0 bridgehead atoms. The van der Waals surface area contributed by atoms with Gasteiger partial charge in [0.1, 0.15) is 0 Å². The highest BCUT2D eigenvalue weighted by Gasteiger charge is 2.20. The Morgan fingerprint density at radius 3 is 2.87 bits per heavy atom. The van der Waals surface area contributed by atoms with Crippen molar-refractivity contribution in [3.05, 3.63) is 29.3 Å². The first kappa shape index (κ1) is 9.22. The van der Waals surface area contributed by atoms with Crippen LogP contribution in [0.15, 0.2) is 18.2 Å². The summed E-state index contributed by atoms with van der Waals surface area (Å²) < 4.78 is 0. The largest absolute Gasteiger partial charge is 0.370 e. The minimum absolute atomic E-state index is 0.373. The number of anilines is 1. The summed E-state index contributed by atoms with van der Waals surface area (Å²) in [6.07, 6.45) is 5.01. The topological polar surface area (TPSA) is 29.3 Å². The van der Waals surface area contributed by atoms with Crippen molar-refractivity contribution in [2.24, 2.45) is 5.73 Å². The van der Waals surface area contributed by atoms with E-state index in [-0.39, 0.29) is 0 Å². The highest BCUT2D eigenvalue weighted by atomic mass is 15.2. The van der Waals surface area contributed by atoms with E-state index in [1.165, 1.54) is 24.9 Å². The summed E-state index contributed by atoms with van der Waals surface area (Å²) in [5.74, 6) is 0. The van der Waals surface area contributed by atoms with E-state index in [2.05, 4.69) is 23.1 Å². The van der Waals surface area contributed by atoms with Crippen LogP contribution >= 0.6 is 0 Å². The molecule has 1 saturated heterocycles. The summed E-state index contributed by atoms with van der Waals surface area (Å²) in [5, 5.41) is 0. The second kappa shape index (κ2) is 3.53. The molecule has 0 radical (unpaired) electrons. The standard InChI is InChI=1S/C13H18N2/c14-12-6-7-15(9-12)13-5-4-10-2-1-3-11(10)8-13/h4-5,8,12H,1-3,6-7,9,14H2. The molecule has 0 spiro atoms. The quantitative estimate of drug-likeness (QED) is 0.751. The SMILES string of the molecule is NC1CCN(c2ccc3c(c2)CCC3)C1. The molecule has 15 heavy (non-hydrogen) atoms. The molecule has 2 heteroatoms.